The van der Waals surface area contributed by atoms with Crippen LogP contribution in [-0.4, -0.2) is 52.6 Å². The van der Waals surface area contributed by atoms with Gasteiger partial charge in [-0.25, -0.2) is 13.2 Å². The smallest absolute Gasteiger partial charge is 0.352 e. The quantitative estimate of drug-likeness (QED) is 0.746. The summed E-state index contributed by atoms with van der Waals surface area (Å²) in [6, 6.07) is 0. The maximum atomic E-state index is 12.6. The summed E-state index contributed by atoms with van der Waals surface area (Å²) in [6.45, 7) is 5.03. The molecule has 0 unspecified atom stereocenters. The number of sulfonamides is 1. The van der Waals surface area contributed by atoms with E-state index in [0.29, 0.717) is 12.1 Å². The van der Waals surface area contributed by atoms with Crippen LogP contribution in [0.2, 0.25) is 0 Å². The first-order valence-electron chi connectivity index (χ1n) is 6.77. The number of hydrogen-bond donors (Lipinski definition) is 3. The number of nitrogens with zero attached hydrogens (tertiary/aromatic N) is 1. The molecule has 1 aliphatic heterocycles. The van der Waals surface area contributed by atoms with E-state index in [9.17, 15) is 18.3 Å². The number of H-pyrrole nitrogens is 1. The van der Waals surface area contributed by atoms with Crippen LogP contribution < -0.4 is 0 Å². The second-order valence-electron chi connectivity index (χ2n) is 5.63. The van der Waals surface area contributed by atoms with Crippen molar-refractivity contribution < 1.29 is 23.4 Å². The molecule has 2 rings (SSSR count). The summed E-state index contributed by atoms with van der Waals surface area (Å²) >= 11 is 0. The molecule has 0 atom stereocenters. The zero-order valence-electron chi connectivity index (χ0n) is 12.3. The highest BCUT2D eigenvalue weighted by Crippen LogP contribution is 2.34. The number of aliphatic hydroxyl groups is 1. The predicted molar refractivity (Wildman–Crippen MR) is 75.8 cm³/mol. The molecular formula is C13H20N2O5S. The summed E-state index contributed by atoms with van der Waals surface area (Å²) in [5.41, 5.74) is -0.576. The zero-order valence-corrected chi connectivity index (χ0v) is 13.1. The van der Waals surface area contributed by atoms with E-state index in [4.69, 9.17) is 5.11 Å². The van der Waals surface area contributed by atoms with Crippen LogP contribution in [0.3, 0.4) is 0 Å². The van der Waals surface area contributed by atoms with Gasteiger partial charge in [0.1, 0.15) is 10.6 Å². The van der Waals surface area contributed by atoms with E-state index in [0.717, 1.165) is 6.42 Å². The van der Waals surface area contributed by atoms with Crippen molar-refractivity contribution in [2.45, 2.75) is 44.1 Å². The molecule has 0 aromatic carbocycles. The third-order valence-corrected chi connectivity index (χ3v) is 5.90. The first-order valence-corrected chi connectivity index (χ1v) is 8.21. The van der Waals surface area contributed by atoms with Gasteiger partial charge in [0.15, 0.2) is 0 Å². The van der Waals surface area contributed by atoms with Gasteiger partial charge in [-0.1, -0.05) is 13.3 Å². The number of carboxylic acids is 1. The van der Waals surface area contributed by atoms with Crippen molar-refractivity contribution in [3.05, 3.63) is 17.0 Å². The number of aromatic nitrogens is 1. The summed E-state index contributed by atoms with van der Waals surface area (Å²) in [6.07, 6.45) is 1.32. The number of hydrogen-bond acceptors (Lipinski definition) is 4. The molecule has 3 N–H and O–H groups in total. The fraction of sp³-hybridized carbons (Fsp3) is 0.615. The molecule has 1 aliphatic rings. The highest BCUT2D eigenvalue weighted by atomic mass is 32.2. The lowest BCUT2D eigenvalue weighted by Gasteiger charge is -2.45. The van der Waals surface area contributed by atoms with E-state index in [1.165, 1.54) is 18.2 Å². The summed E-state index contributed by atoms with van der Waals surface area (Å²) in [5.74, 6) is -1.19. The van der Waals surface area contributed by atoms with E-state index >= 15 is 0 Å². The first kappa shape index (κ1) is 16.0. The summed E-state index contributed by atoms with van der Waals surface area (Å²) < 4.78 is 26.4. The van der Waals surface area contributed by atoms with Gasteiger partial charge in [-0.05, 0) is 20.3 Å². The Morgan fingerprint density at radius 1 is 1.38 bits per heavy atom. The molecule has 2 heterocycles. The third kappa shape index (κ3) is 2.58. The van der Waals surface area contributed by atoms with Crippen molar-refractivity contribution in [1.29, 1.82) is 0 Å². The molecule has 0 amide bonds. The van der Waals surface area contributed by atoms with E-state index in [-0.39, 0.29) is 29.2 Å². The molecule has 1 aromatic heterocycles. The molecule has 1 fully saturated rings. The number of carboxylic acid groups (broad SMARTS) is 1. The molecule has 118 valence electrons. The molecule has 21 heavy (non-hydrogen) atoms. The minimum Gasteiger partial charge on any atom is -0.477 e. The molecule has 1 saturated heterocycles. The third-order valence-electron chi connectivity index (χ3n) is 3.84. The van der Waals surface area contributed by atoms with E-state index in [1.807, 2.05) is 6.92 Å². The molecular weight excluding hydrogens is 296 g/mol. The molecule has 0 aliphatic carbocycles. The fourth-order valence-electron chi connectivity index (χ4n) is 2.87. The Bertz CT molecular complexity index is 671. The number of aryl methyl sites for hydroxylation is 1. The van der Waals surface area contributed by atoms with E-state index < -0.39 is 21.6 Å². The van der Waals surface area contributed by atoms with Gasteiger partial charge in [0.2, 0.25) is 10.0 Å². The molecule has 8 heteroatoms. The van der Waals surface area contributed by atoms with Crippen molar-refractivity contribution in [1.82, 2.24) is 9.29 Å². The summed E-state index contributed by atoms with van der Waals surface area (Å²) in [4.78, 5) is 13.7. The normalized spacial score (nSPS) is 18.5. The van der Waals surface area contributed by atoms with Crippen molar-refractivity contribution in [2.75, 3.05) is 13.1 Å². The Morgan fingerprint density at radius 2 is 1.95 bits per heavy atom. The first-order chi connectivity index (χ1) is 9.62. The number of nitrogens with one attached hydrogen (secondary N) is 1. The highest BCUT2D eigenvalue weighted by Gasteiger charge is 2.47. The number of β-amino-alcohol motifs (C(OH)–C–C–N with tert-alkyl or cyclic N) is 1. The van der Waals surface area contributed by atoms with Crippen molar-refractivity contribution in [3.63, 3.8) is 0 Å². The Kier molecular flexibility index (Phi) is 3.90. The lowest BCUT2D eigenvalue weighted by molar-refractivity contribution is -0.0653. The second-order valence-corrected chi connectivity index (χ2v) is 7.51. The van der Waals surface area contributed by atoms with Gasteiger partial charge in [0.25, 0.3) is 0 Å². The van der Waals surface area contributed by atoms with Crippen molar-refractivity contribution in [2.24, 2.45) is 0 Å². The van der Waals surface area contributed by atoms with Crippen LogP contribution in [0.25, 0.3) is 0 Å². The molecule has 1 aromatic rings. The van der Waals surface area contributed by atoms with Gasteiger partial charge in [-0.2, -0.15) is 4.31 Å². The minimum atomic E-state index is -3.79. The van der Waals surface area contributed by atoms with Crippen LogP contribution in [0.1, 0.15) is 41.5 Å². The Balaban J connectivity index is 2.33. The van der Waals surface area contributed by atoms with Crippen LogP contribution in [0, 0.1) is 13.8 Å². The molecule has 0 bridgehead atoms. The second kappa shape index (κ2) is 5.11. The molecule has 0 spiro atoms. The van der Waals surface area contributed by atoms with Crippen LogP contribution in [0.15, 0.2) is 4.90 Å². The maximum absolute atomic E-state index is 12.6. The molecule has 0 saturated carbocycles. The standard InChI is InChI=1S/C13H20N2O5S/c1-4-5-13(18)6-15(7-13)21(19,20)11-8(2)10(12(16)17)14-9(11)3/h14,18H,4-7H2,1-3H3,(H,16,17). The van der Waals surface area contributed by atoms with Gasteiger partial charge in [-0.3, -0.25) is 0 Å². The van der Waals surface area contributed by atoms with Gasteiger partial charge >= 0.3 is 5.97 Å². The summed E-state index contributed by atoms with van der Waals surface area (Å²) in [7, 11) is -3.79. The van der Waals surface area contributed by atoms with Crippen LogP contribution in [-0.2, 0) is 10.0 Å². The Morgan fingerprint density at radius 3 is 2.38 bits per heavy atom. The van der Waals surface area contributed by atoms with Gasteiger partial charge < -0.3 is 15.2 Å². The molecule has 7 nitrogen and oxygen atoms in total. The van der Waals surface area contributed by atoms with E-state index in [2.05, 4.69) is 4.98 Å². The predicted octanol–water partition coefficient (Wildman–Crippen LogP) is 0.865. The van der Waals surface area contributed by atoms with Gasteiger partial charge in [0, 0.05) is 24.3 Å². The number of rotatable bonds is 5. The lowest BCUT2D eigenvalue weighted by atomic mass is 9.92. The largest absolute Gasteiger partial charge is 0.477 e. The fourth-order valence-corrected chi connectivity index (χ4v) is 4.87. The van der Waals surface area contributed by atoms with Gasteiger partial charge in [-0.15, -0.1) is 0 Å². The average molecular weight is 316 g/mol. The van der Waals surface area contributed by atoms with Crippen molar-refractivity contribution in [3.8, 4) is 0 Å². The minimum absolute atomic E-state index is 0.00144. The number of carbonyl (C=O) groups is 1. The van der Waals surface area contributed by atoms with Crippen molar-refractivity contribution >= 4 is 16.0 Å². The SMILES string of the molecule is CCCC1(O)CN(S(=O)(=O)c2c(C)[nH]c(C(=O)O)c2C)C1. The zero-order chi connectivity index (χ0) is 16.0. The number of aromatic amines is 1. The topological polar surface area (TPSA) is 111 Å². The number of aromatic carboxylic acids is 1. The van der Waals surface area contributed by atoms with Crippen LogP contribution in [0.5, 0.6) is 0 Å². The molecule has 0 radical (unpaired) electrons. The van der Waals surface area contributed by atoms with Crippen LogP contribution in [0.4, 0.5) is 0 Å². The van der Waals surface area contributed by atoms with E-state index in [1.54, 1.807) is 0 Å². The van der Waals surface area contributed by atoms with Gasteiger partial charge in [0.05, 0.1) is 5.60 Å². The lowest BCUT2D eigenvalue weighted by Crippen LogP contribution is -2.63. The monoisotopic (exact) mass is 316 g/mol. The Hall–Kier alpha value is -1.38. The Labute approximate surface area is 123 Å². The highest BCUT2D eigenvalue weighted by molar-refractivity contribution is 7.89. The van der Waals surface area contributed by atoms with Crippen LogP contribution >= 0.6 is 0 Å². The maximum Gasteiger partial charge on any atom is 0.352 e. The average Bonchev–Trinajstić information content (AvgIpc) is 2.62. The summed E-state index contributed by atoms with van der Waals surface area (Å²) in [5, 5.41) is 19.2.